The maximum Gasteiger partial charge on any atom is 0.269 e. The van der Waals surface area contributed by atoms with Crippen molar-refractivity contribution in [2.24, 2.45) is 0 Å². The maximum absolute atomic E-state index is 9.16. The summed E-state index contributed by atoms with van der Waals surface area (Å²) < 4.78 is 0.827. The van der Waals surface area contributed by atoms with E-state index < -0.39 is 0 Å². The van der Waals surface area contributed by atoms with E-state index in [1.165, 1.54) is 0 Å². The van der Waals surface area contributed by atoms with Gasteiger partial charge in [0.15, 0.2) is 6.72 Å². The molecule has 0 bridgehead atoms. The number of rotatable bonds is 2. The van der Waals surface area contributed by atoms with Crippen LogP contribution in [0.2, 0.25) is 0 Å². The lowest BCUT2D eigenvalue weighted by atomic mass is 10.1. The summed E-state index contributed by atoms with van der Waals surface area (Å²) in [7, 11) is 0. The zero-order valence-electron chi connectivity index (χ0n) is 6.99. The van der Waals surface area contributed by atoms with Crippen molar-refractivity contribution >= 4 is 18.5 Å². The van der Waals surface area contributed by atoms with Gasteiger partial charge >= 0.3 is 0 Å². The number of aromatic nitrogens is 1. The number of hydrogen-bond donors (Lipinski definition) is 1. The van der Waals surface area contributed by atoms with E-state index in [9.17, 15) is 0 Å². The Morgan fingerprint density at radius 1 is 1.58 bits per heavy atom. The average Bonchev–Trinajstić information content (AvgIpc) is 2.03. The number of hydrogen-bond acceptors (Lipinski definition) is 2. The van der Waals surface area contributed by atoms with Crippen LogP contribution in [0.4, 0.5) is 5.69 Å². The molecule has 0 aromatic carbocycles. The molecule has 3 heteroatoms. The zero-order chi connectivity index (χ0) is 9.14. The highest BCUT2D eigenvalue weighted by Gasteiger charge is 2.13. The summed E-state index contributed by atoms with van der Waals surface area (Å²) >= 11 is 0. The summed E-state index contributed by atoms with van der Waals surface area (Å²) in [6.45, 7) is 8.85. The Labute approximate surface area is 71.3 Å². The van der Waals surface area contributed by atoms with Crippen LogP contribution in [0.25, 0.3) is 6.08 Å². The third-order valence-electron chi connectivity index (χ3n) is 1.61. The fourth-order valence-electron chi connectivity index (χ4n) is 1.08. The summed E-state index contributed by atoms with van der Waals surface area (Å²) in [5.74, 6) is 0. The first kappa shape index (κ1) is 8.46. The van der Waals surface area contributed by atoms with Crippen LogP contribution in [-0.2, 0) is 0 Å². The van der Waals surface area contributed by atoms with Gasteiger partial charge in [0.2, 0.25) is 0 Å². The molecule has 0 fully saturated rings. The predicted molar refractivity (Wildman–Crippen MR) is 47.9 cm³/mol. The van der Waals surface area contributed by atoms with Gasteiger partial charge in [-0.05, 0) is 6.92 Å². The molecule has 1 rings (SSSR count). The van der Waals surface area contributed by atoms with Gasteiger partial charge in [-0.15, -0.1) is 0 Å². The predicted octanol–water partition coefficient (Wildman–Crippen LogP) is 1.77. The number of nitrogens with zero attached hydrogens (tertiary/aromatic N) is 2. The summed E-state index contributed by atoms with van der Waals surface area (Å²) in [4.78, 5) is 3.96. The Kier molecular flexibility index (Phi) is 2.24. The first-order chi connectivity index (χ1) is 5.66. The van der Waals surface area contributed by atoms with E-state index in [1.807, 2.05) is 6.92 Å². The van der Waals surface area contributed by atoms with E-state index >= 15 is 0 Å². The van der Waals surface area contributed by atoms with Crippen molar-refractivity contribution in [3.8, 4) is 0 Å². The molecule has 0 unspecified atom stereocenters. The SMILES string of the molecule is C=Cc1cncc(C)c1[N+](=C)O. The maximum atomic E-state index is 9.16. The quantitative estimate of drug-likeness (QED) is 0.312. The van der Waals surface area contributed by atoms with Gasteiger partial charge in [-0.3, -0.25) is 10.2 Å². The highest BCUT2D eigenvalue weighted by molar-refractivity contribution is 5.61. The van der Waals surface area contributed by atoms with Crippen LogP contribution >= 0.6 is 0 Å². The second kappa shape index (κ2) is 3.17. The topological polar surface area (TPSA) is 36.1 Å². The largest absolute Gasteiger partial charge is 0.285 e. The van der Waals surface area contributed by atoms with Crippen LogP contribution in [0.15, 0.2) is 19.0 Å². The minimum absolute atomic E-state index is 0.639. The molecule has 0 saturated heterocycles. The minimum Gasteiger partial charge on any atom is -0.285 e. The van der Waals surface area contributed by atoms with Crippen LogP contribution in [0.3, 0.4) is 0 Å². The molecule has 0 saturated carbocycles. The lowest BCUT2D eigenvalue weighted by Gasteiger charge is -1.98. The molecule has 1 aromatic rings. The van der Waals surface area contributed by atoms with Crippen LogP contribution < -0.4 is 0 Å². The molecule has 0 aliphatic heterocycles. The Hall–Kier alpha value is -1.64. The van der Waals surface area contributed by atoms with Gasteiger partial charge in [-0.2, -0.15) is 0 Å². The second-order valence-electron chi connectivity index (χ2n) is 2.50. The lowest BCUT2D eigenvalue weighted by molar-refractivity contribution is -0.706. The van der Waals surface area contributed by atoms with E-state index in [0.29, 0.717) is 5.69 Å². The van der Waals surface area contributed by atoms with Gasteiger partial charge in [0, 0.05) is 22.7 Å². The standard InChI is InChI=1S/C9H11N2O/c1-4-8-6-10-5-7(2)9(8)11(3)12/h4-6,12H,1,3H2,2H3/q+1. The van der Waals surface area contributed by atoms with E-state index in [4.69, 9.17) is 5.21 Å². The van der Waals surface area contributed by atoms with Crippen molar-refractivity contribution in [3.05, 3.63) is 30.1 Å². The molecular formula is C9H11N2O+. The van der Waals surface area contributed by atoms with Crippen molar-refractivity contribution in [2.75, 3.05) is 0 Å². The van der Waals surface area contributed by atoms with Gasteiger partial charge in [0.25, 0.3) is 5.69 Å². The molecule has 1 heterocycles. The van der Waals surface area contributed by atoms with Crippen LogP contribution in [-0.4, -0.2) is 21.6 Å². The highest BCUT2D eigenvalue weighted by atomic mass is 16.5. The molecule has 0 amide bonds. The first-order valence-corrected chi connectivity index (χ1v) is 3.53. The van der Waals surface area contributed by atoms with Gasteiger partial charge in [0.1, 0.15) is 0 Å². The van der Waals surface area contributed by atoms with E-state index in [2.05, 4.69) is 18.3 Å². The Bertz CT molecular complexity index is 331. The highest BCUT2D eigenvalue weighted by Crippen LogP contribution is 2.21. The second-order valence-corrected chi connectivity index (χ2v) is 2.50. The van der Waals surface area contributed by atoms with Crippen molar-refractivity contribution in [2.45, 2.75) is 6.92 Å². The van der Waals surface area contributed by atoms with Crippen LogP contribution in [0.5, 0.6) is 0 Å². The van der Waals surface area contributed by atoms with Crippen molar-refractivity contribution in [1.29, 1.82) is 0 Å². The molecule has 0 atom stereocenters. The molecule has 0 aliphatic carbocycles. The molecule has 1 N–H and O–H groups in total. The normalized spacial score (nSPS) is 9.42. The molecule has 0 radical (unpaired) electrons. The molecule has 12 heavy (non-hydrogen) atoms. The van der Waals surface area contributed by atoms with Gasteiger partial charge in [0.05, 0.1) is 5.56 Å². The monoisotopic (exact) mass is 163 g/mol. The number of pyridine rings is 1. The molecule has 0 spiro atoms. The molecule has 0 aliphatic rings. The summed E-state index contributed by atoms with van der Waals surface area (Å²) in [5, 5.41) is 9.16. The van der Waals surface area contributed by atoms with E-state index in [0.717, 1.165) is 15.9 Å². The minimum atomic E-state index is 0.639. The molecule has 1 aromatic heterocycles. The van der Waals surface area contributed by atoms with Gasteiger partial charge < -0.3 is 0 Å². The Morgan fingerprint density at radius 2 is 2.25 bits per heavy atom. The van der Waals surface area contributed by atoms with E-state index in [1.54, 1.807) is 18.5 Å². The smallest absolute Gasteiger partial charge is 0.269 e. The number of aryl methyl sites for hydroxylation is 1. The Morgan fingerprint density at radius 3 is 2.67 bits per heavy atom. The van der Waals surface area contributed by atoms with Crippen LogP contribution in [0.1, 0.15) is 11.1 Å². The summed E-state index contributed by atoms with van der Waals surface area (Å²) in [6, 6.07) is 0. The first-order valence-electron chi connectivity index (χ1n) is 3.53. The zero-order valence-corrected chi connectivity index (χ0v) is 6.99. The van der Waals surface area contributed by atoms with Crippen molar-refractivity contribution in [1.82, 2.24) is 4.98 Å². The van der Waals surface area contributed by atoms with Crippen molar-refractivity contribution in [3.63, 3.8) is 0 Å². The third-order valence-corrected chi connectivity index (χ3v) is 1.61. The summed E-state index contributed by atoms with van der Waals surface area (Å²) in [5.41, 5.74) is 2.28. The van der Waals surface area contributed by atoms with Crippen molar-refractivity contribution < 1.29 is 9.95 Å². The fourth-order valence-corrected chi connectivity index (χ4v) is 1.08. The van der Waals surface area contributed by atoms with Gasteiger partial charge in [-0.1, -0.05) is 12.7 Å². The fraction of sp³-hybridized carbons (Fsp3) is 0.111. The van der Waals surface area contributed by atoms with Gasteiger partial charge in [-0.25, -0.2) is 0 Å². The van der Waals surface area contributed by atoms with E-state index in [-0.39, 0.29) is 0 Å². The molecule has 3 nitrogen and oxygen atoms in total. The molecular weight excluding hydrogens is 152 g/mol. The Balaban J connectivity index is 3.39. The lowest BCUT2D eigenvalue weighted by Crippen LogP contribution is -1.99. The van der Waals surface area contributed by atoms with Crippen LogP contribution in [0, 0.1) is 6.92 Å². The third kappa shape index (κ3) is 1.34. The average molecular weight is 163 g/mol. The summed E-state index contributed by atoms with van der Waals surface area (Å²) in [6.07, 6.45) is 4.92. The molecule has 62 valence electrons.